The molecule has 0 radical (unpaired) electrons. The zero-order valence-corrected chi connectivity index (χ0v) is 24.2. The van der Waals surface area contributed by atoms with E-state index in [0.29, 0.717) is 52.1 Å². The Hall–Kier alpha value is -3.05. The normalized spacial score (nSPS) is 33.9. The maximum atomic E-state index is 14.6. The summed E-state index contributed by atoms with van der Waals surface area (Å²) in [6.45, 7) is 6.30. The Labute approximate surface area is 246 Å². The van der Waals surface area contributed by atoms with Gasteiger partial charge in [0.05, 0.1) is 38.4 Å². The monoisotopic (exact) mass is 579 g/mol. The molecule has 3 fully saturated rings. The second-order valence-electron chi connectivity index (χ2n) is 11.9. The standard InChI is InChI=1S/C32H41N3O7/c1-2-31-11-6-7-18-41-30(39)26(31)25-28(37)35(24(22-36)21-23-9-4-3-5-10-23)27-29(38)34(13-8-12-32(25,27)42-31)15-14-33-16-19-40-20-17-33/h3-6,8-12,24-27,36H,2,7,13-22H2,1H3/t24-,25+,26-,27?,31+,32+/m1/s1. The number of hydrogen-bond donors (Lipinski definition) is 1. The Morgan fingerprint density at radius 1 is 0.976 bits per heavy atom. The van der Waals surface area contributed by atoms with Crippen LogP contribution < -0.4 is 0 Å². The summed E-state index contributed by atoms with van der Waals surface area (Å²) in [6.07, 6.45) is 8.97. The van der Waals surface area contributed by atoms with Crippen molar-refractivity contribution < 1.29 is 33.7 Å². The quantitative estimate of drug-likeness (QED) is 0.362. The predicted molar refractivity (Wildman–Crippen MR) is 153 cm³/mol. The van der Waals surface area contributed by atoms with Crippen molar-refractivity contribution in [1.29, 1.82) is 0 Å². The second-order valence-corrected chi connectivity index (χ2v) is 11.9. The average Bonchev–Trinajstić information content (AvgIpc) is 3.36. The topological polar surface area (TPSA) is 109 Å². The van der Waals surface area contributed by atoms with Crippen LogP contribution in [-0.2, 0) is 35.0 Å². The van der Waals surface area contributed by atoms with Gasteiger partial charge >= 0.3 is 5.97 Å². The summed E-state index contributed by atoms with van der Waals surface area (Å²) >= 11 is 0. The fraction of sp³-hybridized carbons (Fsp3) is 0.594. The summed E-state index contributed by atoms with van der Waals surface area (Å²) in [5.41, 5.74) is -1.52. The lowest BCUT2D eigenvalue weighted by Gasteiger charge is -2.41. The number of esters is 1. The van der Waals surface area contributed by atoms with Crippen LogP contribution in [0.1, 0.15) is 25.3 Å². The molecule has 5 heterocycles. The Bertz CT molecular complexity index is 1230. The van der Waals surface area contributed by atoms with Crippen LogP contribution in [0.5, 0.6) is 0 Å². The SMILES string of the molecule is CC[C@]12C=CCCOC(=O)[C@H]1[C@H]1C(=O)N([C@@H](CO)Cc3ccccc3)C3C(=O)N(CCN4CCOCC4)CC=C[C@@]31O2. The Morgan fingerprint density at radius 2 is 1.76 bits per heavy atom. The minimum absolute atomic E-state index is 0.226. The van der Waals surface area contributed by atoms with E-state index in [9.17, 15) is 19.5 Å². The number of benzene rings is 1. The third kappa shape index (κ3) is 4.88. The van der Waals surface area contributed by atoms with E-state index in [1.54, 1.807) is 4.90 Å². The summed E-state index contributed by atoms with van der Waals surface area (Å²) in [5, 5.41) is 10.7. The molecule has 0 bridgehead atoms. The first-order valence-corrected chi connectivity index (χ1v) is 15.2. The maximum absolute atomic E-state index is 14.6. The third-order valence-corrected chi connectivity index (χ3v) is 9.63. The lowest BCUT2D eigenvalue weighted by molar-refractivity contribution is -0.163. The molecule has 5 aliphatic rings. The smallest absolute Gasteiger partial charge is 0.313 e. The minimum atomic E-state index is -1.37. The molecule has 6 atom stereocenters. The number of ether oxygens (including phenoxy) is 3. The van der Waals surface area contributed by atoms with Gasteiger partial charge in [-0.05, 0) is 24.8 Å². The molecule has 10 heteroatoms. The first kappa shape index (κ1) is 29.0. The molecule has 42 heavy (non-hydrogen) atoms. The fourth-order valence-electron chi connectivity index (χ4n) is 7.53. The Kier molecular flexibility index (Phi) is 8.24. The molecule has 3 saturated heterocycles. The van der Waals surface area contributed by atoms with Gasteiger partial charge in [-0.25, -0.2) is 0 Å². The highest BCUT2D eigenvalue weighted by molar-refractivity contribution is 5.99. The summed E-state index contributed by atoms with van der Waals surface area (Å²) < 4.78 is 18.1. The van der Waals surface area contributed by atoms with Gasteiger partial charge in [-0.15, -0.1) is 0 Å². The maximum Gasteiger partial charge on any atom is 0.313 e. The van der Waals surface area contributed by atoms with E-state index in [2.05, 4.69) is 4.90 Å². The molecule has 1 unspecified atom stereocenters. The highest BCUT2D eigenvalue weighted by Crippen LogP contribution is 2.58. The number of aliphatic hydroxyl groups excluding tert-OH is 1. The van der Waals surface area contributed by atoms with Gasteiger partial charge in [-0.1, -0.05) is 61.6 Å². The van der Waals surface area contributed by atoms with E-state index in [1.165, 1.54) is 4.90 Å². The number of amides is 2. The number of carbonyl (C=O) groups excluding carboxylic acids is 3. The number of nitrogens with zero attached hydrogens (tertiary/aromatic N) is 3. The van der Waals surface area contributed by atoms with E-state index in [0.717, 1.165) is 18.7 Å². The highest BCUT2D eigenvalue weighted by atomic mass is 16.6. The molecular formula is C32H41N3O7. The van der Waals surface area contributed by atoms with Crippen LogP contribution in [-0.4, -0.2) is 120 Å². The summed E-state index contributed by atoms with van der Waals surface area (Å²) in [5.74, 6) is -2.92. The second kappa shape index (κ2) is 11.9. The summed E-state index contributed by atoms with van der Waals surface area (Å²) in [7, 11) is 0. The number of carbonyl (C=O) groups is 3. The third-order valence-electron chi connectivity index (χ3n) is 9.63. The van der Waals surface area contributed by atoms with E-state index in [1.807, 2.05) is 61.6 Å². The van der Waals surface area contributed by atoms with Crippen molar-refractivity contribution in [2.24, 2.45) is 11.8 Å². The Balaban J connectivity index is 1.41. The molecule has 5 aliphatic heterocycles. The average molecular weight is 580 g/mol. The molecule has 1 aromatic rings. The van der Waals surface area contributed by atoms with Crippen molar-refractivity contribution in [2.75, 3.05) is 59.2 Å². The van der Waals surface area contributed by atoms with Crippen LogP contribution >= 0.6 is 0 Å². The van der Waals surface area contributed by atoms with Crippen molar-refractivity contribution in [2.45, 2.75) is 49.5 Å². The predicted octanol–water partition coefficient (Wildman–Crippen LogP) is 1.18. The van der Waals surface area contributed by atoms with Gasteiger partial charge in [-0.3, -0.25) is 19.3 Å². The number of likely N-dealkylation sites (tertiary alicyclic amines) is 1. The van der Waals surface area contributed by atoms with Gasteiger partial charge in [0.1, 0.15) is 23.2 Å². The number of hydrogen-bond acceptors (Lipinski definition) is 8. The van der Waals surface area contributed by atoms with Crippen LogP contribution in [0.15, 0.2) is 54.6 Å². The van der Waals surface area contributed by atoms with Crippen LogP contribution in [0.3, 0.4) is 0 Å². The van der Waals surface area contributed by atoms with E-state index < -0.39 is 41.1 Å². The van der Waals surface area contributed by atoms with Crippen molar-refractivity contribution in [3.8, 4) is 0 Å². The van der Waals surface area contributed by atoms with Gasteiger partial charge in [0, 0.05) is 32.7 Å². The molecule has 2 amide bonds. The van der Waals surface area contributed by atoms with E-state index in [-0.39, 0.29) is 25.0 Å². The van der Waals surface area contributed by atoms with Crippen molar-refractivity contribution in [3.05, 3.63) is 60.2 Å². The van der Waals surface area contributed by atoms with Gasteiger partial charge in [0.25, 0.3) is 0 Å². The van der Waals surface area contributed by atoms with E-state index in [4.69, 9.17) is 14.2 Å². The summed E-state index contributed by atoms with van der Waals surface area (Å²) in [6, 6.07) is 7.91. The molecule has 226 valence electrons. The van der Waals surface area contributed by atoms with Crippen molar-refractivity contribution >= 4 is 17.8 Å². The van der Waals surface area contributed by atoms with Crippen LogP contribution in [0.4, 0.5) is 0 Å². The Morgan fingerprint density at radius 3 is 2.50 bits per heavy atom. The molecule has 10 nitrogen and oxygen atoms in total. The molecule has 1 aromatic carbocycles. The molecule has 6 rings (SSSR count). The van der Waals surface area contributed by atoms with Crippen molar-refractivity contribution in [1.82, 2.24) is 14.7 Å². The summed E-state index contributed by atoms with van der Waals surface area (Å²) in [4.78, 5) is 48.5. The molecule has 1 N–H and O–H groups in total. The highest BCUT2D eigenvalue weighted by Gasteiger charge is 2.75. The first-order chi connectivity index (χ1) is 20.4. The first-order valence-electron chi connectivity index (χ1n) is 15.2. The van der Waals surface area contributed by atoms with Gasteiger partial charge < -0.3 is 29.1 Å². The zero-order chi connectivity index (χ0) is 29.3. The number of aliphatic hydroxyl groups is 1. The minimum Gasteiger partial charge on any atom is -0.465 e. The molecular weight excluding hydrogens is 538 g/mol. The molecule has 0 aliphatic carbocycles. The lowest BCUT2D eigenvalue weighted by Crippen LogP contribution is -2.59. The van der Waals surface area contributed by atoms with Crippen molar-refractivity contribution in [3.63, 3.8) is 0 Å². The molecule has 0 aromatic heterocycles. The lowest BCUT2D eigenvalue weighted by atomic mass is 9.73. The fourth-order valence-corrected chi connectivity index (χ4v) is 7.53. The number of rotatable bonds is 8. The zero-order valence-electron chi connectivity index (χ0n) is 24.2. The largest absolute Gasteiger partial charge is 0.465 e. The number of morpholine rings is 1. The van der Waals surface area contributed by atoms with Crippen LogP contribution in [0.2, 0.25) is 0 Å². The number of fused-ring (bicyclic) bond motifs is 2. The van der Waals surface area contributed by atoms with Crippen LogP contribution in [0.25, 0.3) is 0 Å². The van der Waals surface area contributed by atoms with Gasteiger partial charge in [0.2, 0.25) is 11.8 Å². The van der Waals surface area contributed by atoms with E-state index >= 15 is 0 Å². The molecule has 0 saturated carbocycles. The number of cyclic esters (lactones) is 1. The van der Waals surface area contributed by atoms with Gasteiger partial charge in [-0.2, -0.15) is 0 Å². The molecule has 1 spiro atoms. The van der Waals surface area contributed by atoms with Gasteiger partial charge in [0.15, 0.2) is 0 Å². The van der Waals surface area contributed by atoms with Crippen LogP contribution in [0, 0.1) is 11.8 Å².